The van der Waals surface area contributed by atoms with Crippen LogP contribution in [0.15, 0.2) is 24.3 Å². The van der Waals surface area contributed by atoms with E-state index in [0.29, 0.717) is 24.5 Å². The molecule has 1 amide bonds. The minimum Gasteiger partial charge on any atom is -0.490 e. The molecular weight excluding hydrogens is 246 g/mol. The van der Waals surface area contributed by atoms with Gasteiger partial charge in [-0.15, -0.1) is 0 Å². The van der Waals surface area contributed by atoms with Gasteiger partial charge in [0.15, 0.2) is 18.1 Å². The van der Waals surface area contributed by atoms with Crippen molar-refractivity contribution >= 4 is 5.91 Å². The Morgan fingerprint density at radius 1 is 1.26 bits per heavy atom. The van der Waals surface area contributed by atoms with Crippen LogP contribution in [0.25, 0.3) is 0 Å². The van der Waals surface area contributed by atoms with Crippen molar-refractivity contribution in [2.24, 2.45) is 0 Å². The van der Waals surface area contributed by atoms with Crippen LogP contribution in [-0.4, -0.2) is 36.9 Å². The first kappa shape index (κ1) is 15.3. The number of carbonyl (C=O) groups is 1. The number of nitrogens with one attached hydrogen (secondary N) is 1. The zero-order valence-corrected chi connectivity index (χ0v) is 11.4. The Morgan fingerprint density at radius 2 is 1.89 bits per heavy atom. The SMILES string of the molecule is CCOc1ccccc1OCC(=O)NCC(O)CC. The van der Waals surface area contributed by atoms with Gasteiger partial charge in [0.25, 0.3) is 5.91 Å². The predicted octanol–water partition coefficient (Wildman–Crippen LogP) is 1.35. The molecule has 106 valence electrons. The van der Waals surface area contributed by atoms with Crippen molar-refractivity contribution in [3.8, 4) is 11.5 Å². The lowest BCUT2D eigenvalue weighted by Gasteiger charge is -2.12. The molecule has 0 bridgehead atoms. The fourth-order valence-corrected chi connectivity index (χ4v) is 1.41. The van der Waals surface area contributed by atoms with E-state index in [-0.39, 0.29) is 19.1 Å². The summed E-state index contributed by atoms with van der Waals surface area (Å²) in [6, 6.07) is 7.20. The molecule has 1 atom stereocenters. The topological polar surface area (TPSA) is 67.8 Å². The minimum absolute atomic E-state index is 0.0967. The summed E-state index contributed by atoms with van der Waals surface area (Å²) in [5, 5.41) is 11.9. The van der Waals surface area contributed by atoms with Gasteiger partial charge < -0.3 is 19.9 Å². The van der Waals surface area contributed by atoms with Crippen LogP contribution in [0.1, 0.15) is 20.3 Å². The van der Waals surface area contributed by atoms with E-state index in [2.05, 4.69) is 5.32 Å². The van der Waals surface area contributed by atoms with Crippen molar-refractivity contribution in [2.45, 2.75) is 26.4 Å². The van der Waals surface area contributed by atoms with Gasteiger partial charge in [0, 0.05) is 6.54 Å². The lowest BCUT2D eigenvalue weighted by Crippen LogP contribution is -2.35. The molecule has 0 fully saturated rings. The molecule has 1 unspecified atom stereocenters. The summed E-state index contributed by atoms with van der Waals surface area (Å²) < 4.78 is 10.8. The third kappa shape index (κ3) is 5.61. The minimum atomic E-state index is -0.514. The van der Waals surface area contributed by atoms with E-state index < -0.39 is 6.10 Å². The average molecular weight is 267 g/mol. The standard InChI is InChI=1S/C14H21NO4/c1-3-11(16)9-15-14(17)10-19-13-8-6-5-7-12(13)18-4-2/h5-8,11,16H,3-4,9-10H2,1-2H3,(H,15,17). The van der Waals surface area contributed by atoms with Gasteiger partial charge in [0.05, 0.1) is 12.7 Å². The largest absolute Gasteiger partial charge is 0.490 e. The average Bonchev–Trinajstić information content (AvgIpc) is 2.44. The fourth-order valence-electron chi connectivity index (χ4n) is 1.41. The Balaban J connectivity index is 2.41. The van der Waals surface area contributed by atoms with Crippen molar-refractivity contribution in [3.05, 3.63) is 24.3 Å². The molecule has 0 spiro atoms. The van der Waals surface area contributed by atoms with E-state index >= 15 is 0 Å². The predicted molar refractivity (Wildman–Crippen MR) is 72.4 cm³/mol. The number of carbonyl (C=O) groups excluding carboxylic acids is 1. The van der Waals surface area contributed by atoms with Crippen molar-refractivity contribution in [1.29, 1.82) is 0 Å². The summed E-state index contributed by atoms with van der Waals surface area (Å²) in [6.45, 7) is 4.42. The first-order valence-electron chi connectivity index (χ1n) is 6.46. The molecule has 0 saturated carbocycles. The molecule has 0 aliphatic rings. The molecule has 5 heteroatoms. The van der Waals surface area contributed by atoms with E-state index in [1.54, 1.807) is 12.1 Å². The van der Waals surface area contributed by atoms with E-state index in [0.717, 1.165) is 0 Å². The Kier molecular flexibility index (Phi) is 6.74. The maximum Gasteiger partial charge on any atom is 0.258 e. The summed E-state index contributed by atoms with van der Waals surface area (Å²) in [5.41, 5.74) is 0. The van der Waals surface area contributed by atoms with Crippen LogP contribution in [-0.2, 0) is 4.79 Å². The molecule has 0 heterocycles. The van der Waals surface area contributed by atoms with Gasteiger partial charge >= 0.3 is 0 Å². The summed E-state index contributed by atoms with van der Waals surface area (Å²) in [7, 11) is 0. The van der Waals surface area contributed by atoms with Crippen LogP contribution in [0.2, 0.25) is 0 Å². The number of benzene rings is 1. The van der Waals surface area contributed by atoms with Crippen LogP contribution in [0.5, 0.6) is 11.5 Å². The van der Waals surface area contributed by atoms with Crippen molar-refractivity contribution in [1.82, 2.24) is 5.32 Å². The molecule has 5 nitrogen and oxygen atoms in total. The normalized spacial score (nSPS) is 11.7. The summed E-state index contributed by atoms with van der Waals surface area (Å²) >= 11 is 0. The number of hydrogen-bond donors (Lipinski definition) is 2. The molecule has 19 heavy (non-hydrogen) atoms. The number of amides is 1. The molecule has 0 radical (unpaired) electrons. The highest BCUT2D eigenvalue weighted by atomic mass is 16.5. The molecule has 0 aliphatic carbocycles. The van der Waals surface area contributed by atoms with Gasteiger partial charge in [-0.1, -0.05) is 19.1 Å². The molecule has 0 saturated heterocycles. The number of aliphatic hydroxyl groups is 1. The van der Waals surface area contributed by atoms with E-state index in [1.165, 1.54) is 0 Å². The second-order valence-corrected chi connectivity index (χ2v) is 4.03. The molecular formula is C14H21NO4. The number of ether oxygens (including phenoxy) is 2. The van der Waals surface area contributed by atoms with Crippen molar-refractivity contribution < 1.29 is 19.4 Å². The van der Waals surface area contributed by atoms with Gasteiger partial charge in [0.1, 0.15) is 0 Å². The maximum absolute atomic E-state index is 11.5. The lowest BCUT2D eigenvalue weighted by atomic mass is 10.3. The number of hydrogen-bond acceptors (Lipinski definition) is 4. The summed E-state index contributed by atoms with van der Waals surface area (Å²) in [5.74, 6) is 0.890. The Hall–Kier alpha value is -1.75. The van der Waals surface area contributed by atoms with Crippen LogP contribution in [0.4, 0.5) is 0 Å². The Morgan fingerprint density at radius 3 is 2.47 bits per heavy atom. The zero-order valence-electron chi connectivity index (χ0n) is 11.4. The maximum atomic E-state index is 11.5. The highest BCUT2D eigenvalue weighted by Gasteiger charge is 2.08. The van der Waals surface area contributed by atoms with Crippen LogP contribution in [0.3, 0.4) is 0 Å². The molecule has 0 aromatic heterocycles. The monoisotopic (exact) mass is 267 g/mol. The molecule has 1 aromatic rings. The van der Waals surface area contributed by atoms with Crippen LogP contribution in [0, 0.1) is 0 Å². The smallest absolute Gasteiger partial charge is 0.258 e. The number of rotatable bonds is 8. The molecule has 1 aromatic carbocycles. The van der Waals surface area contributed by atoms with Gasteiger partial charge in [-0.25, -0.2) is 0 Å². The first-order valence-corrected chi connectivity index (χ1v) is 6.46. The third-order valence-corrected chi connectivity index (χ3v) is 2.51. The highest BCUT2D eigenvalue weighted by Crippen LogP contribution is 2.26. The van der Waals surface area contributed by atoms with Gasteiger partial charge in [-0.2, -0.15) is 0 Å². The van der Waals surface area contributed by atoms with E-state index in [9.17, 15) is 9.90 Å². The molecule has 0 aliphatic heterocycles. The Labute approximate surface area is 113 Å². The highest BCUT2D eigenvalue weighted by molar-refractivity contribution is 5.77. The van der Waals surface area contributed by atoms with Gasteiger partial charge in [-0.3, -0.25) is 4.79 Å². The molecule has 2 N–H and O–H groups in total. The van der Waals surface area contributed by atoms with E-state index in [1.807, 2.05) is 26.0 Å². The second kappa shape index (κ2) is 8.37. The van der Waals surface area contributed by atoms with Crippen LogP contribution >= 0.6 is 0 Å². The molecule has 1 rings (SSSR count). The second-order valence-electron chi connectivity index (χ2n) is 4.03. The lowest BCUT2D eigenvalue weighted by molar-refractivity contribution is -0.123. The fraction of sp³-hybridized carbons (Fsp3) is 0.500. The Bertz CT molecular complexity index is 395. The number of para-hydroxylation sites is 2. The van der Waals surface area contributed by atoms with Crippen LogP contribution < -0.4 is 14.8 Å². The van der Waals surface area contributed by atoms with Gasteiger partial charge in [0.2, 0.25) is 0 Å². The first-order chi connectivity index (χ1) is 9.17. The van der Waals surface area contributed by atoms with Crippen molar-refractivity contribution in [3.63, 3.8) is 0 Å². The number of aliphatic hydroxyl groups excluding tert-OH is 1. The summed E-state index contributed by atoms with van der Waals surface area (Å²) in [6.07, 6.45) is 0.0913. The third-order valence-electron chi connectivity index (χ3n) is 2.51. The quantitative estimate of drug-likeness (QED) is 0.746. The zero-order chi connectivity index (χ0) is 14.1. The van der Waals surface area contributed by atoms with Gasteiger partial charge in [-0.05, 0) is 25.5 Å². The van der Waals surface area contributed by atoms with Crippen molar-refractivity contribution in [2.75, 3.05) is 19.8 Å². The van der Waals surface area contributed by atoms with E-state index in [4.69, 9.17) is 9.47 Å². The summed E-state index contributed by atoms with van der Waals surface area (Å²) in [4.78, 5) is 11.5.